The van der Waals surface area contributed by atoms with Crippen molar-refractivity contribution >= 4 is 40.4 Å². The van der Waals surface area contributed by atoms with Gasteiger partial charge in [0.2, 0.25) is 5.91 Å². The number of fused-ring (bicyclic) bond motifs is 1. The number of benzene rings is 3. The monoisotopic (exact) mass is 450 g/mol. The fourth-order valence-electron chi connectivity index (χ4n) is 3.34. The molecule has 0 unspecified atom stereocenters. The number of imidazole rings is 1. The van der Waals surface area contributed by atoms with Gasteiger partial charge < -0.3 is 10.1 Å². The first-order valence-electron chi connectivity index (χ1n) is 9.90. The van der Waals surface area contributed by atoms with Gasteiger partial charge in [0.15, 0.2) is 11.0 Å². The van der Waals surface area contributed by atoms with Gasteiger partial charge in [-0.3, -0.25) is 4.79 Å². The summed E-state index contributed by atoms with van der Waals surface area (Å²) in [5.74, 6) is -1.65. The number of thioether (sulfide) groups is 1. The molecule has 6 nitrogen and oxygen atoms in total. The molecule has 1 amide bonds. The molecule has 0 radical (unpaired) electrons. The summed E-state index contributed by atoms with van der Waals surface area (Å²) in [7, 11) is 1.18. The third kappa shape index (κ3) is 4.81. The third-order valence-electron chi connectivity index (χ3n) is 4.86. The minimum atomic E-state index is -0.798. The number of nitrogens with one attached hydrogen (secondary N) is 2. The summed E-state index contributed by atoms with van der Waals surface area (Å²) in [4.78, 5) is 27.6. The molecule has 8 heteroatoms. The van der Waals surface area contributed by atoms with Crippen LogP contribution in [-0.4, -0.2) is 29.7 Å². The number of H-pyrrole nitrogens is 1. The minimum absolute atomic E-state index is 0.131. The molecule has 0 fully saturated rings. The highest BCUT2D eigenvalue weighted by Crippen LogP contribution is 2.20. The Morgan fingerprint density at radius 2 is 1.81 bits per heavy atom. The first-order chi connectivity index (χ1) is 15.5. The van der Waals surface area contributed by atoms with Gasteiger partial charge in [-0.25, -0.2) is 18.7 Å². The summed E-state index contributed by atoms with van der Waals surface area (Å²) in [6.07, 6.45) is 0. The molecule has 1 aromatic heterocycles. The number of carbonyl (C=O) groups is 2. The molecule has 0 saturated heterocycles. The Morgan fingerprint density at radius 3 is 2.59 bits per heavy atom. The number of anilines is 1. The van der Waals surface area contributed by atoms with E-state index in [4.69, 9.17) is 0 Å². The van der Waals surface area contributed by atoms with Crippen LogP contribution in [-0.2, 0) is 16.1 Å². The van der Waals surface area contributed by atoms with Crippen LogP contribution >= 0.6 is 11.8 Å². The van der Waals surface area contributed by atoms with E-state index in [9.17, 15) is 14.0 Å². The van der Waals surface area contributed by atoms with Crippen LogP contribution in [0.1, 0.15) is 15.9 Å². The van der Waals surface area contributed by atoms with Crippen molar-refractivity contribution in [3.05, 3.63) is 89.7 Å². The van der Waals surface area contributed by atoms with E-state index >= 15 is 0 Å². The van der Waals surface area contributed by atoms with Gasteiger partial charge in [-0.05, 0) is 47.7 Å². The number of rotatable bonds is 7. The maximum absolute atomic E-state index is 13.8. The summed E-state index contributed by atoms with van der Waals surface area (Å²) >= 11 is 1.37. The molecule has 0 aliphatic rings. The molecule has 4 rings (SSSR count). The lowest BCUT2D eigenvalue weighted by Crippen LogP contribution is -2.35. The average molecular weight is 451 g/mol. The van der Waals surface area contributed by atoms with Crippen LogP contribution in [0.15, 0.2) is 78.0 Å². The Balaban J connectivity index is 1.50. The number of methoxy groups -OCH3 is 1. The smallest absolute Gasteiger partial charge is 0.340 e. The highest BCUT2D eigenvalue weighted by molar-refractivity contribution is 7.99. The Morgan fingerprint density at radius 1 is 1.06 bits per heavy atom. The molecule has 0 spiro atoms. The summed E-state index contributed by atoms with van der Waals surface area (Å²) in [5, 5.41) is 3.55. The number of carbonyl (C=O) groups excluding carboxylic acids is 2. The van der Waals surface area contributed by atoms with Gasteiger partial charge in [-0.15, -0.1) is 0 Å². The first-order valence-corrected chi connectivity index (χ1v) is 10.9. The number of nitrogens with zero attached hydrogens (tertiary/aromatic N) is 1. The average Bonchev–Trinajstić information content (AvgIpc) is 3.16. The summed E-state index contributed by atoms with van der Waals surface area (Å²) in [6, 6.07) is 21.8. The maximum atomic E-state index is 13.8. The number of amides is 1. The molecular weight excluding hydrogens is 429 g/mol. The largest absolute Gasteiger partial charge is 0.465 e. The Hall–Kier alpha value is -3.65. The second-order valence-electron chi connectivity index (χ2n) is 7.04. The molecular formula is C24H21FN3O3S+. The number of ether oxygens (including phenoxy) is 1. The second kappa shape index (κ2) is 9.65. The van der Waals surface area contributed by atoms with Gasteiger partial charge in [-0.1, -0.05) is 42.5 Å². The quantitative estimate of drug-likeness (QED) is 0.252. The Kier molecular flexibility index (Phi) is 6.51. The number of para-hydroxylation sites is 2. The van der Waals surface area contributed by atoms with E-state index in [2.05, 4.69) is 31.7 Å². The van der Waals surface area contributed by atoms with Gasteiger partial charge in [0.25, 0.3) is 0 Å². The first kappa shape index (κ1) is 21.6. The zero-order chi connectivity index (χ0) is 22.5. The molecule has 4 aromatic rings. The van der Waals surface area contributed by atoms with Gasteiger partial charge >= 0.3 is 11.1 Å². The third-order valence-corrected chi connectivity index (χ3v) is 5.86. The van der Waals surface area contributed by atoms with E-state index in [1.54, 1.807) is 0 Å². The molecule has 0 aliphatic heterocycles. The van der Waals surface area contributed by atoms with Crippen molar-refractivity contribution in [1.82, 2.24) is 4.98 Å². The fraction of sp³-hybridized carbons (Fsp3) is 0.125. The Labute approximate surface area is 188 Å². The van der Waals surface area contributed by atoms with Crippen molar-refractivity contribution in [3.8, 4) is 0 Å². The molecule has 0 aliphatic carbocycles. The fourth-order valence-corrected chi connectivity index (χ4v) is 4.19. The van der Waals surface area contributed by atoms with Crippen LogP contribution in [0.25, 0.3) is 11.0 Å². The summed E-state index contributed by atoms with van der Waals surface area (Å²) in [6.45, 7) is 0.662. The molecule has 32 heavy (non-hydrogen) atoms. The Bertz CT molecular complexity index is 1270. The van der Waals surface area contributed by atoms with Gasteiger partial charge in [0.1, 0.15) is 12.4 Å². The van der Waals surface area contributed by atoms with Gasteiger partial charge in [0.05, 0.1) is 18.4 Å². The molecule has 2 N–H and O–H groups in total. The lowest BCUT2D eigenvalue weighted by Gasteiger charge is -2.07. The van der Waals surface area contributed by atoms with Crippen molar-refractivity contribution in [2.45, 2.75) is 11.7 Å². The van der Waals surface area contributed by atoms with Crippen molar-refractivity contribution in [1.29, 1.82) is 0 Å². The van der Waals surface area contributed by atoms with Gasteiger partial charge in [-0.2, -0.15) is 0 Å². The van der Waals surface area contributed by atoms with Crippen molar-refractivity contribution in [2.75, 3.05) is 18.2 Å². The predicted molar refractivity (Wildman–Crippen MR) is 121 cm³/mol. The van der Waals surface area contributed by atoms with E-state index in [0.717, 1.165) is 27.8 Å². The minimum Gasteiger partial charge on any atom is -0.465 e. The van der Waals surface area contributed by atoms with Crippen LogP contribution in [0.4, 0.5) is 10.1 Å². The van der Waals surface area contributed by atoms with E-state index in [1.165, 1.54) is 31.0 Å². The zero-order valence-electron chi connectivity index (χ0n) is 17.3. The molecule has 0 bridgehead atoms. The number of aromatic nitrogens is 2. The van der Waals surface area contributed by atoms with Crippen LogP contribution < -0.4 is 9.88 Å². The molecule has 3 aromatic carbocycles. The molecule has 162 valence electrons. The summed E-state index contributed by atoms with van der Waals surface area (Å²) < 4.78 is 20.5. The number of esters is 1. The van der Waals surface area contributed by atoms with Crippen molar-refractivity contribution < 1.29 is 23.3 Å². The predicted octanol–water partition coefficient (Wildman–Crippen LogP) is 4.16. The van der Waals surface area contributed by atoms with Crippen molar-refractivity contribution in [2.24, 2.45) is 0 Å². The molecule has 0 saturated carbocycles. The number of hydrogen-bond acceptors (Lipinski definition) is 4. The van der Waals surface area contributed by atoms with Crippen LogP contribution in [0.3, 0.4) is 0 Å². The van der Waals surface area contributed by atoms with E-state index in [-0.39, 0.29) is 17.2 Å². The van der Waals surface area contributed by atoms with Crippen LogP contribution in [0.2, 0.25) is 0 Å². The van der Waals surface area contributed by atoms with Crippen LogP contribution in [0.5, 0.6) is 0 Å². The number of hydrogen-bond donors (Lipinski definition) is 2. The number of aromatic amines is 1. The zero-order valence-corrected chi connectivity index (χ0v) is 18.1. The topological polar surface area (TPSA) is 75.1 Å². The highest BCUT2D eigenvalue weighted by atomic mass is 32.2. The number of halogens is 1. The van der Waals surface area contributed by atoms with Crippen LogP contribution in [0, 0.1) is 5.82 Å². The summed E-state index contributed by atoms with van der Waals surface area (Å²) in [5.41, 5.74) is 3.27. The van der Waals surface area contributed by atoms with Gasteiger partial charge in [0, 0.05) is 5.69 Å². The highest BCUT2D eigenvalue weighted by Gasteiger charge is 2.21. The standard InChI is InChI=1S/C24H20FN3O3S/c1-31-23(30)18-13-17(11-12-19(18)25)26-22(29)15-32-24-27-20-9-5-6-10-21(20)28(24)14-16-7-3-2-4-8-16/h2-13H,14-15H2,1H3,(H,26,29)/p+1. The second-order valence-corrected chi connectivity index (χ2v) is 8.01. The SMILES string of the molecule is COC(=O)c1cc(NC(=O)CSc2[nH]c3ccccc3[n+]2Cc2ccccc2)ccc1F. The van der Waals surface area contributed by atoms with E-state index in [0.29, 0.717) is 12.2 Å². The maximum Gasteiger partial charge on any atom is 0.340 e. The van der Waals surface area contributed by atoms with Crippen molar-refractivity contribution in [3.63, 3.8) is 0 Å². The molecule has 0 atom stereocenters. The lowest BCUT2D eigenvalue weighted by molar-refractivity contribution is -0.700. The lowest BCUT2D eigenvalue weighted by atomic mass is 10.2. The van der Waals surface area contributed by atoms with E-state index < -0.39 is 11.8 Å². The van der Waals surface area contributed by atoms with E-state index in [1.807, 2.05) is 42.5 Å². The molecule has 1 heterocycles. The normalized spacial score (nSPS) is 10.8.